The van der Waals surface area contributed by atoms with Gasteiger partial charge in [-0.2, -0.15) is 0 Å². The highest BCUT2D eigenvalue weighted by Crippen LogP contribution is 2.07. The summed E-state index contributed by atoms with van der Waals surface area (Å²) in [6.45, 7) is 7.97. The molecule has 0 saturated carbocycles. The van der Waals surface area contributed by atoms with Crippen molar-refractivity contribution in [3.63, 3.8) is 0 Å². The number of carbonyl (C=O) groups excluding carboxylic acids is 2. The summed E-state index contributed by atoms with van der Waals surface area (Å²) in [5, 5.41) is 5.47. The van der Waals surface area contributed by atoms with E-state index in [1.807, 2.05) is 58.0 Å². The van der Waals surface area contributed by atoms with Crippen LogP contribution in [0.4, 0.5) is 4.79 Å². The highest BCUT2D eigenvalue weighted by molar-refractivity contribution is 5.85. The summed E-state index contributed by atoms with van der Waals surface area (Å²) in [4.78, 5) is 24.0. The van der Waals surface area contributed by atoms with Crippen molar-refractivity contribution in [2.24, 2.45) is 5.92 Å². The Morgan fingerprint density at radius 2 is 1.68 bits per heavy atom. The summed E-state index contributed by atoms with van der Waals surface area (Å²) in [6, 6.07) is 8.88. The van der Waals surface area contributed by atoms with Crippen LogP contribution >= 0.6 is 0 Å². The van der Waals surface area contributed by atoms with Crippen molar-refractivity contribution < 1.29 is 14.3 Å². The molecule has 0 bridgehead atoms. The number of carbonyl (C=O) groups is 2. The SMILES string of the molecule is CC(C)C[C@H](NC(=O)OCc1ccccc1)C(=O)NC(C)C. The van der Waals surface area contributed by atoms with Crippen LogP contribution in [0, 0.1) is 5.92 Å². The topological polar surface area (TPSA) is 67.4 Å². The fourth-order valence-electron chi connectivity index (χ4n) is 2.00. The molecule has 0 aromatic heterocycles. The number of amides is 2. The number of hydrogen-bond acceptors (Lipinski definition) is 3. The van der Waals surface area contributed by atoms with E-state index in [4.69, 9.17) is 4.74 Å². The van der Waals surface area contributed by atoms with Gasteiger partial charge in [-0.15, -0.1) is 0 Å². The Labute approximate surface area is 132 Å². The molecule has 5 nitrogen and oxygen atoms in total. The Hall–Kier alpha value is -2.04. The highest BCUT2D eigenvalue weighted by Gasteiger charge is 2.22. The molecule has 1 atom stereocenters. The molecule has 122 valence electrons. The van der Waals surface area contributed by atoms with Crippen LogP contribution in [0.3, 0.4) is 0 Å². The minimum absolute atomic E-state index is 0.0318. The largest absolute Gasteiger partial charge is 0.445 e. The molecular formula is C17H26N2O3. The van der Waals surface area contributed by atoms with E-state index in [1.54, 1.807) is 0 Å². The number of alkyl carbamates (subject to hydrolysis) is 1. The van der Waals surface area contributed by atoms with Crippen LogP contribution in [-0.4, -0.2) is 24.1 Å². The third-order valence-corrected chi connectivity index (χ3v) is 2.96. The van der Waals surface area contributed by atoms with Gasteiger partial charge in [0.05, 0.1) is 0 Å². The zero-order valence-corrected chi connectivity index (χ0v) is 13.8. The average molecular weight is 306 g/mol. The Balaban J connectivity index is 2.53. The smallest absolute Gasteiger partial charge is 0.408 e. The van der Waals surface area contributed by atoms with Crippen molar-refractivity contribution in [3.8, 4) is 0 Å². The number of ether oxygens (including phenoxy) is 1. The number of hydrogen-bond donors (Lipinski definition) is 2. The van der Waals surface area contributed by atoms with Crippen molar-refractivity contribution in [2.45, 2.75) is 52.8 Å². The lowest BCUT2D eigenvalue weighted by Crippen LogP contribution is -2.49. The average Bonchev–Trinajstić information content (AvgIpc) is 2.44. The normalized spacial score (nSPS) is 12.1. The lowest BCUT2D eigenvalue weighted by Gasteiger charge is -2.21. The van der Waals surface area contributed by atoms with Crippen LogP contribution in [0.1, 0.15) is 39.7 Å². The zero-order valence-electron chi connectivity index (χ0n) is 13.8. The Morgan fingerprint density at radius 1 is 1.05 bits per heavy atom. The van der Waals surface area contributed by atoms with Crippen molar-refractivity contribution in [1.82, 2.24) is 10.6 Å². The summed E-state index contributed by atoms with van der Waals surface area (Å²) >= 11 is 0. The molecule has 5 heteroatoms. The van der Waals surface area contributed by atoms with Gasteiger partial charge >= 0.3 is 6.09 Å². The third-order valence-electron chi connectivity index (χ3n) is 2.96. The molecule has 0 fully saturated rings. The Kier molecular flexibility index (Phi) is 7.43. The predicted octanol–water partition coefficient (Wildman–Crippen LogP) is 2.85. The molecular weight excluding hydrogens is 280 g/mol. The fourth-order valence-corrected chi connectivity index (χ4v) is 2.00. The summed E-state index contributed by atoms with van der Waals surface area (Å²) in [5.41, 5.74) is 0.907. The monoisotopic (exact) mass is 306 g/mol. The number of rotatable bonds is 7. The van der Waals surface area contributed by atoms with Crippen molar-refractivity contribution in [3.05, 3.63) is 35.9 Å². The first-order chi connectivity index (χ1) is 10.4. The van der Waals surface area contributed by atoms with E-state index in [0.29, 0.717) is 6.42 Å². The summed E-state index contributed by atoms with van der Waals surface area (Å²) in [5.74, 6) is 0.109. The van der Waals surface area contributed by atoms with Gasteiger partial charge in [0.25, 0.3) is 0 Å². The summed E-state index contributed by atoms with van der Waals surface area (Å²) < 4.78 is 5.17. The highest BCUT2D eigenvalue weighted by atomic mass is 16.5. The van der Waals surface area contributed by atoms with Crippen LogP contribution < -0.4 is 10.6 Å². The van der Waals surface area contributed by atoms with Gasteiger partial charge in [-0.3, -0.25) is 4.79 Å². The van der Waals surface area contributed by atoms with Crippen LogP contribution in [0.25, 0.3) is 0 Å². The maximum Gasteiger partial charge on any atom is 0.408 e. The first kappa shape index (κ1) is 18.0. The standard InChI is InChI=1S/C17H26N2O3/c1-12(2)10-15(16(20)18-13(3)4)19-17(21)22-11-14-8-6-5-7-9-14/h5-9,12-13,15H,10-11H2,1-4H3,(H,18,20)(H,19,21)/t15-/m0/s1. The van der Waals surface area contributed by atoms with Gasteiger partial charge in [-0.1, -0.05) is 44.2 Å². The zero-order chi connectivity index (χ0) is 16.5. The van der Waals surface area contributed by atoms with Crippen molar-refractivity contribution in [1.29, 1.82) is 0 Å². The van der Waals surface area contributed by atoms with Gasteiger partial charge < -0.3 is 15.4 Å². The molecule has 0 aliphatic carbocycles. The first-order valence-electron chi connectivity index (χ1n) is 7.66. The molecule has 0 heterocycles. The summed E-state index contributed by atoms with van der Waals surface area (Å²) in [7, 11) is 0. The molecule has 1 rings (SSSR count). The molecule has 0 radical (unpaired) electrons. The number of nitrogens with one attached hydrogen (secondary N) is 2. The van der Waals surface area contributed by atoms with Gasteiger partial charge in [-0.05, 0) is 31.7 Å². The van der Waals surface area contributed by atoms with Crippen LogP contribution in [-0.2, 0) is 16.1 Å². The van der Waals surface area contributed by atoms with Gasteiger partial charge in [0.1, 0.15) is 12.6 Å². The van der Waals surface area contributed by atoms with E-state index in [9.17, 15) is 9.59 Å². The molecule has 2 amide bonds. The van der Waals surface area contributed by atoms with E-state index in [-0.39, 0.29) is 24.5 Å². The molecule has 22 heavy (non-hydrogen) atoms. The maximum atomic E-state index is 12.1. The van der Waals surface area contributed by atoms with Crippen molar-refractivity contribution in [2.75, 3.05) is 0 Å². The minimum Gasteiger partial charge on any atom is -0.445 e. The molecule has 0 aliphatic rings. The Morgan fingerprint density at radius 3 is 2.23 bits per heavy atom. The van der Waals surface area contributed by atoms with E-state index < -0.39 is 12.1 Å². The third kappa shape index (κ3) is 7.11. The first-order valence-corrected chi connectivity index (χ1v) is 7.66. The van der Waals surface area contributed by atoms with E-state index in [2.05, 4.69) is 10.6 Å². The molecule has 1 aromatic rings. The molecule has 0 spiro atoms. The van der Waals surface area contributed by atoms with Gasteiger partial charge in [0.2, 0.25) is 5.91 Å². The van der Waals surface area contributed by atoms with E-state index in [1.165, 1.54) is 0 Å². The van der Waals surface area contributed by atoms with E-state index >= 15 is 0 Å². The van der Waals surface area contributed by atoms with Crippen molar-refractivity contribution >= 4 is 12.0 Å². The minimum atomic E-state index is -0.578. The van der Waals surface area contributed by atoms with Crippen LogP contribution in [0.15, 0.2) is 30.3 Å². The quantitative estimate of drug-likeness (QED) is 0.814. The molecule has 2 N–H and O–H groups in total. The second kappa shape index (κ2) is 9.07. The Bertz CT molecular complexity index is 472. The van der Waals surface area contributed by atoms with Crippen LogP contribution in [0.2, 0.25) is 0 Å². The van der Waals surface area contributed by atoms with Gasteiger partial charge in [0.15, 0.2) is 0 Å². The van der Waals surface area contributed by atoms with Gasteiger partial charge in [-0.25, -0.2) is 4.79 Å². The maximum absolute atomic E-state index is 12.1. The lowest BCUT2D eigenvalue weighted by atomic mass is 10.0. The number of benzene rings is 1. The molecule has 0 unspecified atom stereocenters. The molecule has 0 saturated heterocycles. The second-order valence-corrected chi connectivity index (χ2v) is 6.05. The lowest BCUT2D eigenvalue weighted by molar-refractivity contribution is -0.123. The molecule has 1 aromatic carbocycles. The predicted molar refractivity (Wildman–Crippen MR) is 86.3 cm³/mol. The fraction of sp³-hybridized carbons (Fsp3) is 0.529. The van der Waals surface area contributed by atoms with E-state index in [0.717, 1.165) is 5.56 Å². The van der Waals surface area contributed by atoms with Gasteiger partial charge in [0, 0.05) is 6.04 Å². The van der Waals surface area contributed by atoms with Crippen LogP contribution in [0.5, 0.6) is 0 Å². The summed E-state index contributed by atoms with van der Waals surface area (Å²) in [6.07, 6.45) is -0.00710. The second-order valence-electron chi connectivity index (χ2n) is 6.05. The molecule has 0 aliphatic heterocycles.